The molecule has 0 unspecified atom stereocenters. The standard InChI is InChI=1S/C19H14ClN3O/c1-24-15-5-2-12(3-6-15)18-17-8-14(20)4-7-16(17)19-13(10-22-18)9-21-11-23-19/h2-9,11H,10H2,1H3. The van der Waals surface area contributed by atoms with Gasteiger partial charge in [0, 0.05) is 33.5 Å². The Balaban J connectivity index is 1.93. The first-order chi connectivity index (χ1) is 11.8. The van der Waals surface area contributed by atoms with Crippen LogP contribution in [-0.2, 0) is 6.54 Å². The number of ether oxygens (including phenoxy) is 1. The third-order valence-corrected chi connectivity index (χ3v) is 4.29. The van der Waals surface area contributed by atoms with Gasteiger partial charge < -0.3 is 4.74 Å². The van der Waals surface area contributed by atoms with Gasteiger partial charge in [0.25, 0.3) is 0 Å². The van der Waals surface area contributed by atoms with Crippen LogP contribution in [0.5, 0.6) is 5.75 Å². The van der Waals surface area contributed by atoms with Gasteiger partial charge in [-0.25, -0.2) is 9.97 Å². The summed E-state index contributed by atoms with van der Waals surface area (Å²) in [6.07, 6.45) is 3.39. The maximum atomic E-state index is 6.25. The van der Waals surface area contributed by atoms with Crippen molar-refractivity contribution >= 4 is 17.3 Å². The zero-order chi connectivity index (χ0) is 16.5. The average Bonchev–Trinajstić information content (AvgIpc) is 2.78. The second-order valence-electron chi connectivity index (χ2n) is 5.48. The van der Waals surface area contributed by atoms with Crippen molar-refractivity contribution in [1.82, 2.24) is 9.97 Å². The molecule has 2 heterocycles. The highest BCUT2D eigenvalue weighted by molar-refractivity contribution is 6.31. The number of hydrogen-bond acceptors (Lipinski definition) is 4. The van der Waals surface area contributed by atoms with Crippen LogP contribution < -0.4 is 4.74 Å². The summed E-state index contributed by atoms with van der Waals surface area (Å²) in [6, 6.07) is 13.7. The van der Waals surface area contributed by atoms with E-state index in [0.717, 1.165) is 39.4 Å². The Morgan fingerprint density at radius 1 is 1.04 bits per heavy atom. The van der Waals surface area contributed by atoms with E-state index in [-0.39, 0.29) is 0 Å². The smallest absolute Gasteiger partial charge is 0.118 e. The van der Waals surface area contributed by atoms with E-state index in [9.17, 15) is 0 Å². The monoisotopic (exact) mass is 335 g/mol. The third kappa shape index (κ3) is 2.55. The van der Waals surface area contributed by atoms with Crippen LogP contribution in [0.25, 0.3) is 11.3 Å². The first kappa shape index (κ1) is 14.8. The largest absolute Gasteiger partial charge is 0.497 e. The zero-order valence-corrected chi connectivity index (χ0v) is 13.8. The lowest BCUT2D eigenvalue weighted by Crippen LogP contribution is -2.05. The summed E-state index contributed by atoms with van der Waals surface area (Å²) >= 11 is 6.25. The number of benzene rings is 2. The van der Waals surface area contributed by atoms with Crippen LogP contribution in [0.1, 0.15) is 16.7 Å². The predicted octanol–water partition coefficient (Wildman–Crippen LogP) is 4.16. The van der Waals surface area contributed by atoms with Crippen molar-refractivity contribution in [2.45, 2.75) is 6.54 Å². The minimum absolute atomic E-state index is 0.532. The lowest BCUT2D eigenvalue weighted by atomic mass is 9.95. The van der Waals surface area contributed by atoms with Crippen molar-refractivity contribution in [3.8, 4) is 17.0 Å². The molecule has 3 aromatic rings. The Kier molecular flexibility index (Phi) is 3.75. The number of aromatic nitrogens is 2. The molecule has 5 heteroatoms. The molecule has 1 aliphatic heterocycles. The molecule has 118 valence electrons. The molecule has 1 aromatic heterocycles. The van der Waals surface area contributed by atoms with Crippen LogP contribution in [0.3, 0.4) is 0 Å². The molecule has 0 saturated carbocycles. The molecule has 4 rings (SSSR count). The van der Waals surface area contributed by atoms with Crippen LogP contribution in [0, 0.1) is 0 Å². The maximum absolute atomic E-state index is 6.25. The van der Waals surface area contributed by atoms with E-state index in [1.165, 1.54) is 0 Å². The van der Waals surface area contributed by atoms with Gasteiger partial charge in [-0.1, -0.05) is 17.7 Å². The van der Waals surface area contributed by atoms with Crippen molar-refractivity contribution in [2.75, 3.05) is 7.11 Å². The molecular formula is C19H14ClN3O. The van der Waals surface area contributed by atoms with Crippen LogP contribution >= 0.6 is 11.6 Å². The quantitative estimate of drug-likeness (QED) is 0.706. The number of halogens is 1. The van der Waals surface area contributed by atoms with E-state index in [4.69, 9.17) is 21.3 Å². The Labute approximate surface area is 144 Å². The van der Waals surface area contributed by atoms with Gasteiger partial charge in [-0.15, -0.1) is 0 Å². The van der Waals surface area contributed by atoms with Gasteiger partial charge >= 0.3 is 0 Å². The molecule has 0 aliphatic carbocycles. The van der Waals surface area contributed by atoms with E-state index in [0.29, 0.717) is 11.6 Å². The second kappa shape index (κ2) is 6.06. The van der Waals surface area contributed by atoms with Crippen LogP contribution in [0.4, 0.5) is 0 Å². The van der Waals surface area contributed by atoms with E-state index in [2.05, 4.69) is 9.97 Å². The Morgan fingerprint density at radius 3 is 2.67 bits per heavy atom. The highest BCUT2D eigenvalue weighted by atomic mass is 35.5. The third-order valence-electron chi connectivity index (χ3n) is 4.05. The van der Waals surface area contributed by atoms with Crippen LogP contribution in [0.15, 0.2) is 60.0 Å². The number of fused-ring (bicyclic) bond motifs is 3. The minimum Gasteiger partial charge on any atom is -0.497 e. The molecular weight excluding hydrogens is 322 g/mol. The van der Waals surface area contributed by atoms with Crippen LogP contribution in [-0.4, -0.2) is 22.8 Å². The SMILES string of the molecule is COc1ccc(C2=NCc3cncnc3-c3ccc(Cl)cc32)cc1. The summed E-state index contributed by atoms with van der Waals surface area (Å²) < 4.78 is 5.24. The van der Waals surface area contributed by atoms with Gasteiger partial charge in [0.1, 0.15) is 12.1 Å². The number of rotatable bonds is 2. The topological polar surface area (TPSA) is 47.4 Å². The maximum Gasteiger partial charge on any atom is 0.118 e. The number of aliphatic imine (C=N–C) groups is 1. The summed E-state index contributed by atoms with van der Waals surface area (Å²) in [5.74, 6) is 0.813. The van der Waals surface area contributed by atoms with E-state index < -0.39 is 0 Å². The van der Waals surface area contributed by atoms with Crippen molar-refractivity contribution in [3.05, 3.63) is 76.7 Å². The number of hydrogen-bond donors (Lipinski definition) is 0. The van der Waals surface area contributed by atoms with Crippen LogP contribution in [0.2, 0.25) is 5.02 Å². The molecule has 4 nitrogen and oxygen atoms in total. The normalized spacial score (nSPS) is 12.7. The van der Waals surface area contributed by atoms with E-state index >= 15 is 0 Å². The van der Waals surface area contributed by atoms with Gasteiger partial charge in [0.15, 0.2) is 0 Å². The first-order valence-corrected chi connectivity index (χ1v) is 7.92. The lowest BCUT2D eigenvalue weighted by Gasteiger charge is -2.11. The summed E-state index contributed by atoms with van der Waals surface area (Å²) in [7, 11) is 1.66. The molecule has 1 aliphatic rings. The fraction of sp³-hybridized carbons (Fsp3) is 0.105. The fourth-order valence-electron chi connectivity index (χ4n) is 2.88. The zero-order valence-electron chi connectivity index (χ0n) is 13.0. The fourth-order valence-corrected chi connectivity index (χ4v) is 3.05. The van der Waals surface area contributed by atoms with Crippen molar-refractivity contribution < 1.29 is 4.74 Å². The lowest BCUT2D eigenvalue weighted by molar-refractivity contribution is 0.415. The van der Waals surface area contributed by atoms with E-state index in [1.54, 1.807) is 13.4 Å². The Bertz CT molecular complexity index is 936. The molecule has 24 heavy (non-hydrogen) atoms. The van der Waals surface area contributed by atoms with Gasteiger partial charge in [-0.3, -0.25) is 4.99 Å². The molecule has 0 spiro atoms. The second-order valence-corrected chi connectivity index (χ2v) is 5.92. The highest BCUT2D eigenvalue weighted by Crippen LogP contribution is 2.32. The summed E-state index contributed by atoms with van der Waals surface area (Å²) in [6.45, 7) is 0.532. The predicted molar refractivity (Wildman–Crippen MR) is 94.8 cm³/mol. The van der Waals surface area contributed by atoms with Gasteiger partial charge in [-0.05, 0) is 36.4 Å². The first-order valence-electron chi connectivity index (χ1n) is 7.54. The number of nitrogens with zero attached hydrogens (tertiary/aromatic N) is 3. The molecule has 0 radical (unpaired) electrons. The van der Waals surface area contributed by atoms with Crippen molar-refractivity contribution in [1.29, 1.82) is 0 Å². The summed E-state index contributed by atoms with van der Waals surface area (Å²) in [5.41, 5.74) is 5.82. The van der Waals surface area contributed by atoms with Crippen molar-refractivity contribution in [3.63, 3.8) is 0 Å². The van der Waals surface area contributed by atoms with Gasteiger partial charge in [-0.2, -0.15) is 0 Å². The summed E-state index contributed by atoms with van der Waals surface area (Å²) in [5, 5.41) is 0.674. The Hall–Kier alpha value is -2.72. The van der Waals surface area contributed by atoms with Gasteiger partial charge in [0.05, 0.1) is 25.1 Å². The Morgan fingerprint density at radius 2 is 1.88 bits per heavy atom. The molecule has 0 saturated heterocycles. The molecule has 0 amide bonds. The summed E-state index contributed by atoms with van der Waals surface area (Å²) in [4.78, 5) is 13.4. The highest BCUT2D eigenvalue weighted by Gasteiger charge is 2.20. The average molecular weight is 336 g/mol. The molecule has 0 fully saturated rings. The van der Waals surface area contributed by atoms with Gasteiger partial charge in [0.2, 0.25) is 0 Å². The molecule has 0 atom stereocenters. The molecule has 0 bridgehead atoms. The van der Waals surface area contributed by atoms with Crippen molar-refractivity contribution in [2.24, 2.45) is 4.99 Å². The molecule has 2 aromatic carbocycles. The molecule has 0 N–H and O–H groups in total. The minimum atomic E-state index is 0.532. The van der Waals surface area contributed by atoms with E-state index in [1.807, 2.05) is 48.7 Å². The number of methoxy groups -OCH3 is 1.